The van der Waals surface area contributed by atoms with Crippen LogP contribution in [0.1, 0.15) is 25.3 Å². The normalized spacial score (nSPS) is 16.9. The summed E-state index contributed by atoms with van der Waals surface area (Å²) >= 11 is 0. The highest BCUT2D eigenvalue weighted by atomic mass is 32.2. The van der Waals surface area contributed by atoms with Crippen LogP contribution in [0.2, 0.25) is 0 Å². The van der Waals surface area contributed by atoms with E-state index in [2.05, 4.69) is 5.32 Å². The molecular formula is C23H26N4O5S. The van der Waals surface area contributed by atoms with Crippen molar-refractivity contribution in [1.29, 1.82) is 0 Å². The molecule has 4 rings (SSSR count). The molecule has 1 amide bonds. The van der Waals surface area contributed by atoms with Crippen LogP contribution in [-0.4, -0.2) is 40.4 Å². The quantitative estimate of drug-likeness (QED) is 0.570. The summed E-state index contributed by atoms with van der Waals surface area (Å²) in [6, 6.07) is 10.9. The molecule has 0 bridgehead atoms. The van der Waals surface area contributed by atoms with Crippen LogP contribution in [0, 0.1) is 0 Å². The van der Waals surface area contributed by atoms with Crippen LogP contribution in [0.3, 0.4) is 0 Å². The summed E-state index contributed by atoms with van der Waals surface area (Å²) in [5.74, 6) is -0.375. The third-order valence-corrected chi connectivity index (χ3v) is 8.08. The van der Waals surface area contributed by atoms with Crippen molar-refractivity contribution in [3.63, 3.8) is 0 Å². The minimum Gasteiger partial charge on any atom is -0.325 e. The van der Waals surface area contributed by atoms with Gasteiger partial charge >= 0.3 is 11.1 Å². The summed E-state index contributed by atoms with van der Waals surface area (Å²) in [5.41, 5.74) is 1.02. The molecule has 2 heterocycles. The molecule has 1 aromatic heterocycles. The van der Waals surface area contributed by atoms with Gasteiger partial charge in [0.2, 0.25) is 15.9 Å². The number of nitrogens with one attached hydrogen (secondary N) is 1. The number of nitrogens with zero attached hydrogens (tertiary/aromatic N) is 3. The number of fused-ring (bicyclic) bond motifs is 1. The average Bonchev–Trinajstić information content (AvgIpc) is 3.32. The van der Waals surface area contributed by atoms with Crippen molar-refractivity contribution in [2.45, 2.75) is 37.1 Å². The van der Waals surface area contributed by atoms with Gasteiger partial charge in [-0.05, 0) is 55.2 Å². The van der Waals surface area contributed by atoms with Crippen LogP contribution in [0.15, 0.2) is 56.9 Å². The van der Waals surface area contributed by atoms with Crippen molar-refractivity contribution in [2.75, 3.05) is 11.9 Å². The molecule has 1 saturated heterocycles. The number of amides is 1. The number of hydrogen-bond acceptors (Lipinski definition) is 5. The maximum absolute atomic E-state index is 13.5. The van der Waals surface area contributed by atoms with Crippen LogP contribution < -0.4 is 16.4 Å². The van der Waals surface area contributed by atoms with E-state index in [9.17, 15) is 22.8 Å². The summed E-state index contributed by atoms with van der Waals surface area (Å²) < 4.78 is 30.5. The van der Waals surface area contributed by atoms with Gasteiger partial charge in [0.15, 0.2) is 0 Å². The van der Waals surface area contributed by atoms with E-state index < -0.39 is 27.2 Å². The van der Waals surface area contributed by atoms with E-state index in [-0.39, 0.29) is 17.3 Å². The monoisotopic (exact) mass is 470 g/mol. The molecular weight excluding hydrogens is 444 g/mol. The smallest absolute Gasteiger partial charge is 0.316 e. The molecule has 1 fully saturated rings. The molecule has 0 aliphatic carbocycles. The standard InChI is InChI=1S/C23H26N4O5S/c1-4-15-7-5-8-16(13-15)24-21(28)19-9-6-12-27(19)33(31,32)17-10-11-18-20(14-17)26(3)23(30)22(29)25(18)2/h5,7-8,10-11,13-14,19H,4,6,9,12H2,1-3H3,(H,24,28)/t19-/m1/s1. The summed E-state index contributed by atoms with van der Waals surface area (Å²) in [7, 11) is -1.12. The van der Waals surface area contributed by atoms with Crippen LogP contribution in [0.5, 0.6) is 0 Å². The Labute approximate surface area is 191 Å². The molecule has 33 heavy (non-hydrogen) atoms. The van der Waals surface area contributed by atoms with E-state index in [0.29, 0.717) is 29.6 Å². The van der Waals surface area contributed by atoms with Gasteiger partial charge in [0.05, 0.1) is 15.9 Å². The largest absolute Gasteiger partial charge is 0.325 e. The number of carbonyl (C=O) groups is 1. The number of aromatic nitrogens is 2. The first-order valence-electron chi connectivity index (χ1n) is 10.8. The van der Waals surface area contributed by atoms with Gasteiger partial charge in [0, 0.05) is 26.3 Å². The van der Waals surface area contributed by atoms with E-state index in [4.69, 9.17) is 0 Å². The van der Waals surface area contributed by atoms with Crippen molar-refractivity contribution >= 4 is 32.7 Å². The molecule has 0 spiro atoms. The van der Waals surface area contributed by atoms with E-state index in [1.807, 2.05) is 25.1 Å². The van der Waals surface area contributed by atoms with Crippen molar-refractivity contribution in [1.82, 2.24) is 13.4 Å². The van der Waals surface area contributed by atoms with Crippen LogP contribution in [-0.2, 0) is 35.3 Å². The zero-order valence-corrected chi connectivity index (χ0v) is 19.6. The SMILES string of the molecule is CCc1cccc(NC(=O)[C@H]2CCCN2S(=O)(=O)c2ccc3c(c2)n(C)c(=O)c(=O)n3C)c1. The molecule has 9 nitrogen and oxygen atoms in total. The first-order chi connectivity index (χ1) is 15.6. The fourth-order valence-corrected chi connectivity index (χ4v) is 5.92. The minimum atomic E-state index is -4.01. The second-order valence-electron chi connectivity index (χ2n) is 8.20. The Morgan fingerprint density at radius 2 is 1.73 bits per heavy atom. The molecule has 1 aliphatic heterocycles. The van der Waals surface area contributed by atoms with E-state index in [1.54, 1.807) is 6.07 Å². The Balaban J connectivity index is 1.68. The highest BCUT2D eigenvalue weighted by Crippen LogP contribution is 2.28. The van der Waals surface area contributed by atoms with E-state index in [1.165, 1.54) is 41.2 Å². The fourth-order valence-electron chi connectivity index (χ4n) is 4.24. The Bertz CT molecular complexity index is 1470. The maximum Gasteiger partial charge on any atom is 0.316 e. The second-order valence-corrected chi connectivity index (χ2v) is 10.1. The number of carbonyl (C=O) groups excluding carboxylic acids is 1. The zero-order chi connectivity index (χ0) is 23.9. The van der Waals surface area contributed by atoms with Gasteiger partial charge < -0.3 is 14.5 Å². The van der Waals surface area contributed by atoms with Crippen LogP contribution in [0.4, 0.5) is 5.69 Å². The summed E-state index contributed by atoms with van der Waals surface area (Å²) in [6.07, 6.45) is 1.80. The molecule has 10 heteroatoms. The predicted molar refractivity (Wildman–Crippen MR) is 126 cm³/mol. The summed E-state index contributed by atoms with van der Waals surface area (Å²) in [6.45, 7) is 2.24. The lowest BCUT2D eigenvalue weighted by molar-refractivity contribution is -0.119. The first kappa shape index (κ1) is 22.9. The van der Waals surface area contributed by atoms with E-state index in [0.717, 1.165) is 16.6 Å². The molecule has 2 aromatic carbocycles. The summed E-state index contributed by atoms with van der Waals surface area (Å²) in [4.78, 5) is 37.2. The number of sulfonamides is 1. The molecule has 1 aliphatic rings. The Hall–Kier alpha value is -3.24. The van der Waals surface area contributed by atoms with Crippen molar-refractivity contribution in [3.8, 4) is 0 Å². The predicted octanol–water partition coefficient (Wildman–Crippen LogP) is 1.59. The molecule has 3 aromatic rings. The van der Waals surface area contributed by atoms with Gasteiger partial charge in [-0.15, -0.1) is 0 Å². The third-order valence-electron chi connectivity index (χ3n) is 6.18. The van der Waals surface area contributed by atoms with Crippen molar-refractivity contribution < 1.29 is 13.2 Å². The Morgan fingerprint density at radius 3 is 2.42 bits per heavy atom. The highest BCUT2D eigenvalue weighted by Gasteiger charge is 2.39. The van der Waals surface area contributed by atoms with Crippen molar-refractivity contribution in [2.24, 2.45) is 14.1 Å². The molecule has 0 unspecified atom stereocenters. The summed E-state index contributed by atoms with van der Waals surface area (Å²) in [5, 5.41) is 2.84. The van der Waals surface area contributed by atoms with Gasteiger partial charge in [-0.3, -0.25) is 14.4 Å². The second kappa shape index (κ2) is 8.60. The van der Waals surface area contributed by atoms with Gasteiger partial charge in [-0.1, -0.05) is 19.1 Å². The first-order valence-corrected chi connectivity index (χ1v) is 12.2. The molecule has 174 valence electrons. The van der Waals surface area contributed by atoms with Crippen molar-refractivity contribution in [3.05, 3.63) is 68.7 Å². The zero-order valence-electron chi connectivity index (χ0n) is 18.7. The lowest BCUT2D eigenvalue weighted by Crippen LogP contribution is -2.43. The molecule has 0 radical (unpaired) electrons. The third kappa shape index (κ3) is 4.00. The van der Waals surface area contributed by atoms with Crippen LogP contribution in [0.25, 0.3) is 11.0 Å². The van der Waals surface area contributed by atoms with Crippen LogP contribution >= 0.6 is 0 Å². The number of rotatable bonds is 5. The lowest BCUT2D eigenvalue weighted by Gasteiger charge is -2.24. The van der Waals surface area contributed by atoms with Gasteiger partial charge in [0.25, 0.3) is 0 Å². The lowest BCUT2D eigenvalue weighted by atomic mass is 10.1. The van der Waals surface area contributed by atoms with E-state index >= 15 is 0 Å². The Kier molecular flexibility index (Phi) is 5.98. The molecule has 0 saturated carbocycles. The van der Waals surface area contributed by atoms with Gasteiger partial charge in [-0.2, -0.15) is 4.31 Å². The topological polar surface area (TPSA) is 110 Å². The number of aryl methyl sites for hydroxylation is 3. The number of hydrogen-bond donors (Lipinski definition) is 1. The molecule has 1 N–H and O–H groups in total. The average molecular weight is 471 g/mol. The highest BCUT2D eigenvalue weighted by molar-refractivity contribution is 7.89. The maximum atomic E-state index is 13.5. The molecule has 1 atom stereocenters. The van der Waals surface area contributed by atoms with Gasteiger partial charge in [-0.25, -0.2) is 8.42 Å². The minimum absolute atomic E-state index is 0.0312. The van der Waals surface area contributed by atoms with Gasteiger partial charge in [0.1, 0.15) is 6.04 Å². The Morgan fingerprint density at radius 1 is 1.03 bits per heavy atom. The fraction of sp³-hybridized carbons (Fsp3) is 0.348. The number of benzene rings is 2. The number of anilines is 1.